The molecule has 2 heterocycles. The summed E-state index contributed by atoms with van der Waals surface area (Å²) < 4.78 is 6.76. The molecule has 1 amide bonds. The van der Waals surface area contributed by atoms with E-state index in [9.17, 15) is 9.59 Å². The third-order valence-electron chi connectivity index (χ3n) is 3.21. The number of likely N-dealkylation sites (tertiary alicyclic amines) is 1. The average molecular weight is 267 g/mol. The van der Waals surface area contributed by atoms with Gasteiger partial charge in [-0.15, -0.1) is 11.6 Å². The molecule has 0 spiro atoms. The molecule has 3 rings (SSSR count). The van der Waals surface area contributed by atoms with Gasteiger partial charge in [-0.05, 0) is 12.1 Å². The molecule has 94 valence electrons. The van der Waals surface area contributed by atoms with Crippen LogP contribution in [0, 0.1) is 0 Å². The quantitative estimate of drug-likeness (QED) is 0.768. The number of oxazole rings is 1. The second-order valence-corrected chi connectivity index (χ2v) is 4.56. The van der Waals surface area contributed by atoms with E-state index in [1.165, 1.54) is 0 Å². The Morgan fingerprint density at radius 2 is 2.11 bits per heavy atom. The zero-order valence-corrected chi connectivity index (χ0v) is 10.3. The number of halogens is 1. The van der Waals surface area contributed by atoms with Crippen LogP contribution in [0.25, 0.3) is 11.1 Å². The maximum Gasteiger partial charge on any atom is 0.420 e. The van der Waals surface area contributed by atoms with E-state index in [-0.39, 0.29) is 23.6 Å². The van der Waals surface area contributed by atoms with Crippen LogP contribution in [0.3, 0.4) is 0 Å². The van der Waals surface area contributed by atoms with Gasteiger partial charge in [0.25, 0.3) is 0 Å². The first-order valence-corrected chi connectivity index (χ1v) is 6.18. The van der Waals surface area contributed by atoms with E-state index < -0.39 is 0 Å². The zero-order chi connectivity index (χ0) is 12.7. The van der Waals surface area contributed by atoms with Crippen molar-refractivity contribution < 1.29 is 9.21 Å². The van der Waals surface area contributed by atoms with Gasteiger partial charge in [0.15, 0.2) is 5.58 Å². The minimum absolute atomic E-state index is 0.0201. The van der Waals surface area contributed by atoms with Gasteiger partial charge in [0.2, 0.25) is 5.91 Å². The fourth-order valence-corrected chi connectivity index (χ4v) is 2.41. The largest absolute Gasteiger partial charge is 0.420 e. The van der Waals surface area contributed by atoms with Gasteiger partial charge in [0.05, 0.1) is 11.6 Å². The van der Waals surface area contributed by atoms with Gasteiger partial charge in [-0.1, -0.05) is 12.1 Å². The van der Waals surface area contributed by atoms with Crippen LogP contribution in [-0.2, 0) is 4.79 Å². The van der Waals surface area contributed by atoms with Crippen molar-refractivity contribution in [2.45, 2.75) is 6.04 Å². The van der Waals surface area contributed by atoms with Crippen molar-refractivity contribution in [3.63, 3.8) is 0 Å². The van der Waals surface area contributed by atoms with Crippen LogP contribution < -0.4 is 5.76 Å². The van der Waals surface area contributed by atoms with Gasteiger partial charge >= 0.3 is 5.76 Å². The maximum absolute atomic E-state index is 11.8. The highest BCUT2D eigenvalue weighted by Gasteiger charge is 2.33. The zero-order valence-electron chi connectivity index (χ0n) is 9.51. The van der Waals surface area contributed by atoms with E-state index in [1.54, 1.807) is 15.5 Å². The van der Waals surface area contributed by atoms with Gasteiger partial charge in [-0.3, -0.25) is 9.36 Å². The molecular weight excluding hydrogens is 256 g/mol. The van der Waals surface area contributed by atoms with Gasteiger partial charge in [-0.25, -0.2) is 4.79 Å². The summed E-state index contributed by atoms with van der Waals surface area (Å²) in [5.41, 5.74) is 1.34. The third kappa shape index (κ3) is 1.62. The predicted molar refractivity (Wildman–Crippen MR) is 66.8 cm³/mol. The first-order valence-electron chi connectivity index (χ1n) is 5.64. The van der Waals surface area contributed by atoms with Crippen molar-refractivity contribution in [1.29, 1.82) is 0 Å². The molecule has 0 aliphatic carbocycles. The molecule has 1 aliphatic rings. The van der Waals surface area contributed by atoms with Gasteiger partial charge in [-0.2, -0.15) is 0 Å². The lowest BCUT2D eigenvalue weighted by atomic mass is 10.1. The number of amides is 1. The number of hydrogen-bond donors (Lipinski definition) is 0. The molecule has 2 aromatic rings. The fourth-order valence-electron chi connectivity index (χ4n) is 2.24. The Balaban J connectivity index is 1.91. The van der Waals surface area contributed by atoms with E-state index in [1.807, 2.05) is 18.2 Å². The summed E-state index contributed by atoms with van der Waals surface area (Å²) in [7, 11) is 0. The van der Waals surface area contributed by atoms with Crippen molar-refractivity contribution in [2.75, 3.05) is 19.0 Å². The van der Waals surface area contributed by atoms with Crippen molar-refractivity contribution in [2.24, 2.45) is 0 Å². The molecule has 5 nitrogen and oxygen atoms in total. The van der Waals surface area contributed by atoms with Crippen LogP contribution in [0.4, 0.5) is 0 Å². The van der Waals surface area contributed by atoms with Crippen LogP contribution in [0.15, 0.2) is 33.5 Å². The average Bonchev–Trinajstić information content (AvgIpc) is 2.64. The number of nitrogens with zero attached hydrogens (tertiary/aromatic N) is 2. The van der Waals surface area contributed by atoms with Crippen molar-refractivity contribution in [1.82, 2.24) is 9.47 Å². The van der Waals surface area contributed by atoms with Crippen molar-refractivity contribution >= 4 is 28.6 Å². The number of benzene rings is 1. The molecular formula is C12H11ClN2O3. The summed E-state index contributed by atoms with van der Waals surface area (Å²) in [6, 6.07) is 7.25. The molecule has 6 heteroatoms. The lowest BCUT2D eigenvalue weighted by Crippen LogP contribution is -2.52. The molecule has 0 N–H and O–H groups in total. The Labute approximate surface area is 108 Å². The van der Waals surface area contributed by atoms with E-state index in [0.717, 1.165) is 5.52 Å². The highest BCUT2D eigenvalue weighted by atomic mass is 35.5. The summed E-state index contributed by atoms with van der Waals surface area (Å²) in [6.07, 6.45) is 0. The number of aromatic nitrogens is 1. The third-order valence-corrected chi connectivity index (χ3v) is 3.44. The molecule has 0 unspecified atom stereocenters. The van der Waals surface area contributed by atoms with E-state index in [2.05, 4.69) is 0 Å². The van der Waals surface area contributed by atoms with Crippen molar-refractivity contribution in [3.8, 4) is 0 Å². The number of fused-ring (bicyclic) bond motifs is 1. The number of para-hydroxylation sites is 2. The molecule has 1 aromatic carbocycles. The minimum atomic E-state index is -0.376. The normalized spacial score (nSPS) is 15.9. The van der Waals surface area contributed by atoms with Crippen LogP contribution >= 0.6 is 11.6 Å². The highest BCUT2D eigenvalue weighted by molar-refractivity contribution is 6.27. The summed E-state index contributed by atoms with van der Waals surface area (Å²) in [4.78, 5) is 24.8. The standard InChI is InChI=1S/C12H11ClN2O3/c13-5-11(16)14-6-8(7-14)15-9-3-1-2-4-10(9)18-12(15)17/h1-4,8H,5-7H2. The summed E-state index contributed by atoms with van der Waals surface area (Å²) >= 11 is 5.48. The minimum Gasteiger partial charge on any atom is -0.408 e. The topological polar surface area (TPSA) is 55.5 Å². The molecule has 1 aromatic heterocycles. The van der Waals surface area contributed by atoms with Crippen LogP contribution in [0.5, 0.6) is 0 Å². The Morgan fingerprint density at radius 1 is 1.39 bits per heavy atom. The predicted octanol–water partition coefficient (Wildman–Crippen LogP) is 1.22. The lowest BCUT2D eigenvalue weighted by Gasteiger charge is -2.39. The smallest absolute Gasteiger partial charge is 0.408 e. The van der Waals surface area contributed by atoms with Gasteiger partial charge in [0, 0.05) is 13.1 Å². The summed E-state index contributed by atoms with van der Waals surface area (Å²) in [5, 5.41) is 0. The van der Waals surface area contributed by atoms with E-state index in [0.29, 0.717) is 18.7 Å². The van der Waals surface area contributed by atoms with Gasteiger partial charge < -0.3 is 9.32 Å². The van der Waals surface area contributed by atoms with Gasteiger partial charge in [0.1, 0.15) is 5.88 Å². The van der Waals surface area contributed by atoms with E-state index in [4.69, 9.17) is 16.0 Å². The number of alkyl halides is 1. The molecule has 0 radical (unpaired) electrons. The second kappa shape index (κ2) is 4.17. The molecule has 18 heavy (non-hydrogen) atoms. The monoisotopic (exact) mass is 266 g/mol. The fraction of sp³-hybridized carbons (Fsp3) is 0.333. The number of rotatable bonds is 2. The maximum atomic E-state index is 11.8. The Hall–Kier alpha value is -1.75. The van der Waals surface area contributed by atoms with Crippen LogP contribution in [0.2, 0.25) is 0 Å². The SMILES string of the molecule is O=C(CCl)N1CC(n2c(=O)oc3ccccc32)C1. The van der Waals surface area contributed by atoms with Crippen LogP contribution in [-0.4, -0.2) is 34.3 Å². The molecule has 1 aliphatic heterocycles. The first kappa shape index (κ1) is 11.3. The Bertz CT molecular complexity index is 655. The lowest BCUT2D eigenvalue weighted by molar-refractivity contribution is -0.134. The van der Waals surface area contributed by atoms with E-state index >= 15 is 0 Å². The highest BCUT2D eigenvalue weighted by Crippen LogP contribution is 2.24. The Kier molecular flexibility index (Phi) is 2.63. The second-order valence-electron chi connectivity index (χ2n) is 4.29. The van der Waals surface area contributed by atoms with Crippen LogP contribution in [0.1, 0.15) is 6.04 Å². The first-order chi connectivity index (χ1) is 8.70. The number of carbonyl (C=O) groups is 1. The Morgan fingerprint density at radius 3 is 2.83 bits per heavy atom. The molecule has 1 fully saturated rings. The molecule has 0 bridgehead atoms. The molecule has 0 saturated carbocycles. The molecule has 0 atom stereocenters. The summed E-state index contributed by atoms with van der Waals surface area (Å²) in [6.45, 7) is 1.02. The van der Waals surface area contributed by atoms with Crippen molar-refractivity contribution in [3.05, 3.63) is 34.8 Å². The molecule has 1 saturated heterocycles. The number of carbonyl (C=O) groups excluding carboxylic acids is 1. The summed E-state index contributed by atoms with van der Waals surface area (Å²) in [5.74, 6) is -0.499. The number of hydrogen-bond acceptors (Lipinski definition) is 3.